The molecular weight excluding hydrogens is 274 g/mol. The second-order valence-corrected chi connectivity index (χ2v) is 6.24. The van der Waals surface area contributed by atoms with Crippen LogP contribution in [0.25, 0.3) is 0 Å². The fourth-order valence-electron chi connectivity index (χ4n) is 4.19. The number of quaternary nitrogens is 1. The monoisotopic (exact) mass is 297 g/mol. The zero-order valence-electron chi connectivity index (χ0n) is 11.9. The van der Waals surface area contributed by atoms with Crippen molar-refractivity contribution in [2.45, 2.75) is 62.9 Å². The highest BCUT2D eigenvalue weighted by Gasteiger charge is 2.47. The van der Waals surface area contributed by atoms with Crippen molar-refractivity contribution in [1.29, 1.82) is 0 Å². The van der Waals surface area contributed by atoms with Gasteiger partial charge in [-0.2, -0.15) is 0 Å². The quantitative estimate of drug-likeness (QED) is 0.587. The third-order valence-corrected chi connectivity index (χ3v) is 5.06. The molecule has 2 fully saturated rings. The van der Waals surface area contributed by atoms with Crippen LogP contribution in [0.15, 0.2) is 30.3 Å². The second kappa shape index (κ2) is 6.44. The van der Waals surface area contributed by atoms with Gasteiger partial charge in [0.2, 0.25) is 0 Å². The van der Waals surface area contributed by atoms with Crippen LogP contribution in [0.5, 0.6) is 0 Å². The van der Waals surface area contributed by atoms with E-state index in [0.717, 1.165) is 18.4 Å². The molecule has 0 aromatic heterocycles. The van der Waals surface area contributed by atoms with Crippen LogP contribution >= 0.6 is 0 Å². The van der Waals surface area contributed by atoms with Crippen LogP contribution in [0, 0.1) is 0 Å². The molecule has 20 heavy (non-hydrogen) atoms. The van der Waals surface area contributed by atoms with E-state index >= 15 is 0 Å². The van der Waals surface area contributed by atoms with Gasteiger partial charge in [-0.1, -0.05) is 30.3 Å². The SMILES string of the molecule is CC(C(O)c1ccccc1)[NH+]1C2CCC1CC(O)C2.[Cl-]. The Balaban J connectivity index is 0.00000147. The lowest BCUT2D eigenvalue weighted by molar-refractivity contribution is -0.968. The summed E-state index contributed by atoms with van der Waals surface area (Å²) in [6.07, 6.45) is 3.66. The summed E-state index contributed by atoms with van der Waals surface area (Å²) in [5, 5.41) is 20.5. The van der Waals surface area contributed by atoms with Gasteiger partial charge in [-0.25, -0.2) is 0 Å². The van der Waals surface area contributed by atoms with Crippen molar-refractivity contribution in [2.75, 3.05) is 0 Å². The van der Waals surface area contributed by atoms with Gasteiger partial charge in [0.15, 0.2) is 0 Å². The number of nitrogens with one attached hydrogen (secondary N) is 1. The van der Waals surface area contributed by atoms with E-state index in [1.165, 1.54) is 17.7 Å². The largest absolute Gasteiger partial charge is 1.00 e. The predicted molar refractivity (Wildman–Crippen MR) is 73.9 cm³/mol. The van der Waals surface area contributed by atoms with Crippen LogP contribution < -0.4 is 17.3 Å². The molecule has 4 heteroatoms. The fraction of sp³-hybridized carbons (Fsp3) is 0.625. The summed E-state index contributed by atoms with van der Waals surface area (Å²) in [6, 6.07) is 11.2. The molecule has 0 aliphatic carbocycles. The number of hydrogen-bond donors (Lipinski definition) is 3. The third kappa shape index (κ3) is 2.86. The van der Waals surface area contributed by atoms with Crippen molar-refractivity contribution in [3.05, 3.63) is 35.9 Å². The minimum atomic E-state index is -0.408. The summed E-state index contributed by atoms with van der Waals surface area (Å²) in [5.41, 5.74) is 1.01. The summed E-state index contributed by atoms with van der Waals surface area (Å²) in [4.78, 5) is 1.52. The van der Waals surface area contributed by atoms with Crippen molar-refractivity contribution in [3.63, 3.8) is 0 Å². The molecule has 0 spiro atoms. The summed E-state index contributed by atoms with van der Waals surface area (Å²) in [5.74, 6) is 0. The lowest BCUT2D eigenvalue weighted by Gasteiger charge is -2.39. The number of fused-ring (bicyclic) bond motifs is 2. The summed E-state index contributed by atoms with van der Waals surface area (Å²) >= 11 is 0. The van der Waals surface area contributed by atoms with Crippen molar-refractivity contribution in [1.82, 2.24) is 0 Å². The van der Waals surface area contributed by atoms with Crippen molar-refractivity contribution in [2.24, 2.45) is 0 Å². The van der Waals surface area contributed by atoms with Crippen LogP contribution in [0.4, 0.5) is 0 Å². The van der Waals surface area contributed by atoms with Gasteiger partial charge >= 0.3 is 0 Å². The molecule has 3 nitrogen and oxygen atoms in total. The molecule has 2 aliphatic rings. The minimum Gasteiger partial charge on any atom is -1.00 e. The highest BCUT2D eigenvalue weighted by atomic mass is 35.5. The maximum atomic E-state index is 10.6. The van der Waals surface area contributed by atoms with E-state index in [2.05, 4.69) is 6.92 Å². The molecular formula is C16H24ClNO2. The van der Waals surface area contributed by atoms with Gasteiger partial charge in [-0.15, -0.1) is 0 Å². The molecule has 112 valence electrons. The van der Waals surface area contributed by atoms with E-state index in [1.54, 1.807) is 0 Å². The second-order valence-electron chi connectivity index (χ2n) is 6.24. The molecule has 2 bridgehead atoms. The molecule has 4 atom stereocenters. The predicted octanol–water partition coefficient (Wildman–Crippen LogP) is -2.32. The van der Waals surface area contributed by atoms with E-state index in [-0.39, 0.29) is 24.6 Å². The van der Waals surface area contributed by atoms with E-state index in [1.807, 2.05) is 30.3 Å². The number of rotatable bonds is 3. The number of aliphatic hydroxyl groups excluding tert-OH is 2. The molecule has 2 aliphatic heterocycles. The first-order chi connectivity index (χ1) is 9.16. The zero-order chi connectivity index (χ0) is 13.4. The topological polar surface area (TPSA) is 44.9 Å². The number of aliphatic hydroxyl groups is 2. The highest BCUT2D eigenvalue weighted by Crippen LogP contribution is 2.25. The number of piperidine rings is 1. The van der Waals surface area contributed by atoms with Crippen LogP contribution in [0.2, 0.25) is 0 Å². The van der Waals surface area contributed by atoms with Crippen molar-refractivity contribution < 1.29 is 27.5 Å². The molecule has 3 N–H and O–H groups in total. The van der Waals surface area contributed by atoms with Crippen LogP contribution in [-0.2, 0) is 0 Å². The molecule has 2 saturated heterocycles. The molecule has 0 saturated carbocycles. The first kappa shape index (κ1) is 15.8. The standard InChI is InChI=1S/C16H23NO2.ClH/c1-11(16(19)12-5-3-2-4-6-12)17-13-7-8-14(17)10-15(18)9-13;/h2-6,11,13-16,18-19H,7-10H2,1H3;1H. The number of halogens is 1. The van der Waals surface area contributed by atoms with Gasteiger partial charge in [0.05, 0.1) is 18.2 Å². The maximum Gasteiger partial charge on any atom is 0.130 e. The molecule has 1 aromatic rings. The molecule has 0 amide bonds. The Morgan fingerprint density at radius 1 is 1.10 bits per heavy atom. The molecule has 3 rings (SSSR count). The van der Waals surface area contributed by atoms with Crippen molar-refractivity contribution >= 4 is 0 Å². The Morgan fingerprint density at radius 3 is 2.20 bits per heavy atom. The summed E-state index contributed by atoms with van der Waals surface area (Å²) < 4.78 is 0. The number of hydrogen-bond acceptors (Lipinski definition) is 2. The molecule has 0 radical (unpaired) electrons. The fourth-order valence-corrected chi connectivity index (χ4v) is 4.19. The van der Waals surface area contributed by atoms with E-state index < -0.39 is 6.10 Å². The Morgan fingerprint density at radius 2 is 1.65 bits per heavy atom. The van der Waals surface area contributed by atoms with Gasteiger partial charge in [-0.05, 0) is 12.5 Å². The maximum absolute atomic E-state index is 10.6. The first-order valence-electron chi connectivity index (χ1n) is 7.44. The molecule has 1 aromatic carbocycles. The molecule has 4 unspecified atom stereocenters. The third-order valence-electron chi connectivity index (χ3n) is 5.06. The lowest BCUT2D eigenvalue weighted by Crippen LogP contribution is -3.21. The number of benzene rings is 1. The lowest BCUT2D eigenvalue weighted by atomic mass is 9.94. The first-order valence-corrected chi connectivity index (χ1v) is 7.44. The van der Waals surface area contributed by atoms with Crippen LogP contribution in [0.1, 0.15) is 44.3 Å². The van der Waals surface area contributed by atoms with Gasteiger partial charge in [0.1, 0.15) is 12.1 Å². The Kier molecular flexibility index (Phi) is 5.08. The smallest absolute Gasteiger partial charge is 0.130 e. The summed E-state index contributed by atoms with van der Waals surface area (Å²) in [6.45, 7) is 2.15. The van der Waals surface area contributed by atoms with E-state index in [9.17, 15) is 10.2 Å². The van der Waals surface area contributed by atoms with Gasteiger partial charge < -0.3 is 27.5 Å². The summed E-state index contributed by atoms with van der Waals surface area (Å²) in [7, 11) is 0. The van der Waals surface area contributed by atoms with Crippen LogP contribution in [0.3, 0.4) is 0 Å². The average molecular weight is 298 g/mol. The van der Waals surface area contributed by atoms with Gasteiger partial charge in [0, 0.05) is 25.7 Å². The van der Waals surface area contributed by atoms with Crippen LogP contribution in [-0.4, -0.2) is 34.4 Å². The van der Waals surface area contributed by atoms with Gasteiger partial charge in [-0.3, -0.25) is 0 Å². The average Bonchev–Trinajstić information content (AvgIpc) is 2.70. The van der Waals surface area contributed by atoms with Gasteiger partial charge in [0.25, 0.3) is 0 Å². The zero-order valence-corrected chi connectivity index (χ0v) is 12.6. The highest BCUT2D eigenvalue weighted by molar-refractivity contribution is 5.18. The van der Waals surface area contributed by atoms with E-state index in [0.29, 0.717) is 12.1 Å². The Labute approximate surface area is 127 Å². The Bertz CT molecular complexity index is 414. The normalized spacial score (nSPS) is 35.1. The minimum absolute atomic E-state index is 0. The van der Waals surface area contributed by atoms with E-state index in [4.69, 9.17) is 0 Å². The Hall–Kier alpha value is -0.610. The van der Waals surface area contributed by atoms with Crippen molar-refractivity contribution in [3.8, 4) is 0 Å². The molecule has 2 heterocycles.